The molecule has 0 radical (unpaired) electrons. The van der Waals surface area contributed by atoms with Gasteiger partial charge in [0.1, 0.15) is 12.4 Å². The monoisotopic (exact) mass is 334 g/mol. The van der Waals surface area contributed by atoms with Crippen molar-refractivity contribution in [3.05, 3.63) is 29.3 Å². The van der Waals surface area contributed by atoms with E-state index in [4.69, 9.17) is 9.84 Å². The molecule has 1 heterocycles. The summed E-state index contributed by atoms with van der Waals surface area (Å²) in [6.07, 6.45) is 0.613. The lowest BCUT2D eigenvalue weighted by molar-refractivity contribution is -0.141. The predicted molar refractivity (Wildman–Crippen MR) is 91.2 cm³/mol. The molecule has 1 fully saturated rings. The number of rotatable bonds is 7. The van der Waals surface area contributed by atoms with Gasteiger partial charge in [-0.25, -0.2) is 0 Å². The van der Waals surface area contributed by atoms with Crippen LogP contribution in [0.3, 0.4) is 0 Å². The molecule has 1 aromatic rings. The van der Waals surface area contributed by atoms with E-state index in [1.165, 1.54) is 0 Å². The number of aryl methyl sites for hydroxylation is 2. The second-order valence-corrected chi connectivity index (χ2v) is 6.55. The smallest absolute Gasteiger partial charge is 0.307 e. The Morgan fingerprint density at radius 1 is 1.29 bits per heavy atom. The summed E-state index contributed by atoms with van der Waals surface area (Å²) in [6.45, 7) is 6.37. The fraction of sp³-hybridized carbons (Fsp3) is 0.556. The standard InChI is InChI=1S/C18H26N2O4/c1-13-8-14(2)10-16(9-13)24-7-6-19(3)17(21)12-20-5-4-15(11-20)18(22)23/h8-10,15H,4-7,11-12H2,1-3H3,(H,22,23). The number of hydrogen-bond acceptors (Lipinski definition) is 4. The molecule has 1 aliphatic heterocycles. The zero-order valence-corrected chi connectivity index (χ0v) is 14.6. The van der Waals surface area contributed by atoms with Gasteiger partial charge in [0.2, 0.25) is 5.91 Å². The third-order valence-corrected chi connectivity index (χ3v) is 4.30. The molecule has 1 unspecified atom stereocenters. The van der Waals surface area contributed by atoms with Crippen molar-refractivity contribution in [1.82, 2.24) is 9.80 Å². The molecule has 0 spiro atoms. The first-order chi connectivity index (χ1) is 11.3. The zero-order valence-electron chi connectivity index (χ0n) is 14.6. The average molecular weight is 334 g/mol. The molecule has 0 aliphatic carbocycles. The number of aliphatic carboxylic acids is 1. The SMILES string of the molecule is Cc1cc(C)cc(OCCN(C)C(=O)CN2CCC(C(=O)O)C2)c1. The molecule has 1 saturated heterocycles. The van der Waals surface area contributed by atoms with Crippen LogP contribution in [0.25, 0.3) is 0 Å². The molecule has 1 aromatic carbocycles. The fourth-order valence-corrected chi connectivity index (χ4v) is 2.93. The Morgan fingerprint density at radius 3 is 2.54 bits per heavy atom. The van der Waals surface area contributed by atoms with Crippen LogP contribution in [0.15, 0.2) is 18.2 Å². The summed E-state index contributed by atoms with van der Waals surface area (Å²) < 4.78 is 5.72. The van der Waals surface area contributed by atoms with Crippen LogP contribution < -0.4 is 4.74 Å². The molecule has 1 atom stereocenters. The van der Waals surface area contributed by atoms with Gasteiger partial charge in [0, 0.05) is 13.6 Å². The van der Waals surface area contributed by atoms with E-state index in [1.54, 1.807) is 11.9 Å². The molecule has 1 N–H and O–H groups in total. The van der Waals surface area contributed by atoms with Gasteiger partial charge in [0.05, 0.1) is 19.0 Å². The molecular weight excluding hydrogens is 308 g/mol. The molecular formula is C18H26N2O4. The first-order valence-electron chi connectivity index (χ1n) is 8.25. The van der Waals surface area contributed by atoms with E-state index < -0.39 is 5.97 Å². The van der Waals surface area contributed by atoms with Crippen molar-refractivity contribution in [3.8, 4) is 5.75 Å². The highest BCUT2D eigenvalue weighted by atomic mass is 16.5. The van der Waals surface area contributed by atoms with Crippen LogP contribution in [0, 0.1) is 19.8 Å². The normalized spacial score (nSPS) is 17.7. The predicted octanol–water partition coefficient (Wildman–Crippen LogP) is 1.55. The van der Waals surface area contributed by atoms with Crippen LogP contribution in [-0.2, 0) is 9.59 Å². The number of amides is 1. The Morgan fingerprint density at radius 2 is 1.96 bits per heavy atom. The number of carboxylic acid groups (broad SMARTS) is 1. The van der Waals surface area contributed by atoms with E-state index in [0.717, 1.165) is 16.9 Å². The van der Waals surface area contributed by atoms with Gasteiger partial charge >= 0.3 is 5.97 Å². The maximum atomic E-state index is 12.2. The summed E-state index contributed by atoms with van der Waals surface area (Å²) in [4.78, 5) is 26.7. The minimum absolute atomic E-state index is 0.00920. The van der Waals surface area contributed by atoms with Crippen molar-refractivity contribution < 1.29 is 19.4 Å². The number of nitrogens with zero attached hydrogens (tertiary/aromatic N) is 2. The van der Waals surface area contributed by atoms with Gasteiger partial charge in [-0.3, -0.25) is 14.5 Å². The summed E-state index contributed by atoms with van der Waals surface area (Å²) >= 11 is 0. The molecule has 6 nitrogen and oxygen atoms in total. The second-order valence-electron chi connectivity index (χ2n) is 6.55. The topological polar surface area (TPSA) is 70.1 Å². The maximum absolute atomic E-state index is 12.2. The Balaban J connectivity index is 1.73. The molecule has 0 aromatic heterocycles. The molecule has 1 amide bonds. The lowest BCUT2D eigenvalue weighted by Crippen LogP contribution is -2.39. The van der Waals surface area contributed by atoms with Gasteiger partial charge in [0.25, 0.3) is 0 Å². The minimum Gasteiger partial charge on any atom is -0.492 e. The number of carboxylic acids is 1. The van der Waals surface area contributed by atoms with Crippen LogP contribution in [-0.4, -0.2) is 66.6 Å². The second kappa shape index (κ2) is 8.15. The number of likely N-dealkylation sites (N-methyl/N-ethyl adjacent to an activating group) is 1. The van der Waals surface area contributed by atoms with Crippen LogP contribution in [0.5, 0.6) is 5.75 Å². The summed E-state index contributed by atoms with van der Waals surface area (Å²) in [5.41, 5.74) is 2.30. The van der Waals surface area contributed by atoms with Crippen molar-refractivity contribution in [1.29, 1.82) is 0 Å². The lowest BCUT2D eigenvalue weighted by Gasteiger charge is -2.21. The van der Waals surface area contributed by atoms with Crippen molar-refractivity contribution >= 4 is 11.9 Å². The average Bonchev–Trinajstić information content (AvgIpc) is 2.94. The van der Waals surface area contributed by atoms with Gasteiger partial charge in [-0.2, -0.15) is 0 Å². The van der Waals surface area contributed by atoms with Gasteiger partial charge in [0.15, 0.2) is 0 Å². The highest BCUT2D eigenvalue weighted by Gasteiger charge is 2.29. The van der Waals surface area contributed by atoms with E-state index in [1.807, 2.05) is 30.9 Å². The lowest BCUT2D eigenvalue weighted by atomic mass is 10.1. The number of benzene rings is 1. The summed E-state index contributed by atoms with van der Waals surface area (Å²) in [7, 11) is 1.75. The molecule has 2 rings (SSSR count). The molecule has 24 heavy (non-hydrogen) atoms. The first-order valence-corrected chi connectivity index (χ1v) is 8.25. The van der Waals surface area contributed by atoms with E-state index in [2.05, 4.69) is 6.07 Å². The summed E-state index contributed by atoms with van der Waals surface area (Å²) in [5, 5.41) is 9.00. The molecule has 0 saturated carbocycles. The number of likely N-dealkylation sites (tertiary alicyclic amines) is 1. The third kappa shape index (κ3) is 5.23. The Labute approximate surface area is 143 Å². The zero-order chi connectivity index (χ0) is 17.7. The van der Waals surface area contributed by atoms with E-state index >= 15 is 0 Å². The van der Waals surface area contributed by atoms with E-state index in [9.17, 15) is 9.59 Å². The highest BCUT2D eigenvalue weighted by Crippen LogP contribution is 2.17. The van der Waals surface area contributed by atoms with Gasteiger partial charge in [-0.05, 0) is 50.1 Å². The highest BCUT2D eigenvalue weighted by molar-refractivity contribution is 5.78. The quantitative estimate of drug-likeness (QED) is 0.819. The molecule has 132 valence electrons. The van der Waals surface area contributed by atoms with Crippen molar-refractivity contribution in [3.63, 3.8) is 0 Å². The maximum Gasteiger partial charge on any atom is 0.307 e. The largest absolute Gasteiger partial charge is 0.492 e. The van der Waals surface area contributed by atoms with Crippen molar-refractivity contribution in [2.45, 2.75) is 20.3 Å². The number of carbonyl (C=O) groups excluding carboxylic acids is 1. The van der Waals surface area contributed by atoms with Crippen molar-refractivity contribution in [2.75, 3.05) is 39.8 Å². The van der Waals surface area contributed by atoms with Crippen LogP contribution in [0.2, 0.25) is 0 Å². The number of carbonyl (C=O) groups is 2. The van der Waals surface area contributed by atoms with E-state index in [-0.39, 0.29) is 18.4 Å². The van der Waals surface area contributed by atoms with Crippen LogP contribution in [0.1, 0.15) is 17.5 Å². The molecule has 0 bridgehead atoms. The third-order valence-electron chi connectivity index (χ3n) is 4.30. The number of hydrogen-bond donors (Lipinski definition) is 1. The van der Waals surface area contributed by atoms with E-state index in [0.29, 0.717) is 32.7 Å². The first kappa shape index (κ1) is 18.3. The number of ether oxygens (including phenoxy) is 1. The van der Waals surface area contributed by atoms with Crippen LogP contribution >= 0.6 is 0 Å². The van der Waals surface area contributed by atoms with Crippen LogP contribution in [0.4, 0.5) is 0 Å². The fourth-order valence-electron chi connectivity index (χ4n) is 2.93. The molecule has 1 aliphatic rings. The van der Waals surface area contributed by atoms with Gasteiger partial charge in [-0.15, -0.1) is 0 Å². The Bertz CT molecular complexity index is 582. The minimum atomic E-state index is -0.778. The van der Waals surface area contributed by atoms with Gasteiger partial charge < -0.3 is 14.7 Å². The molecule has 6 heteroatoms. The Kier molecular flexibility index (Phi) is 6.20. The van der Waals surface area contributed by atoms with Gasteiger partial charge in [-0.1, -0.05) is 6.07 Å². The summed E-state index contributed by atoms with van der Waals surface area (Å²) in [5.74, 6) is -0.321. The Hall–Kier alpha value is -2.08. The van der Waals surface area contributed by atoms with Crippen molar-refractivity contribution in [2.24, 2.45) is 5.92 Å². The summed E-state index contributed by atoms with van der Waals surface area (Å²) in [6, 6.07) is 6.04.